The van der Waals surface area contributed by atoms with Crippen molar-refractivity contribution in [3.05, 3.63) is 54.2 Å². The van der Waals surface area contributed by atoms with Gasteiger partial charge in [-0.05, 0) is 54.3 Å². The molecule has 0 spiro atoms. The Morgan fingerprint density at radius 2 is 1.90 bits per heavy atom. The highest BCUT2D eigenvalue weighted by Gasteiger charge is 2.44. The second kappa shape index (κ2) is 6.84. The Morgan fingerprint density at radius 3 is 2.72 bits per heavy atom. The number of nitrogens with one attached hydrogen (secondary N) is 1. The number of rotatable bonds is 5. The van der Waals surface area contributed by atoms with Crippen LogP contribution in [0.15, 0.2) is 48.7 Å². The van der Waals surface area contributed by atoms with Gasteiger partial charge in [0.05, 0.1) is 0 Å². The predicted octanol–water partition coefficient (Wildman–Crippen LogP) is 3.24. The van der Waals surface area contributed by atoms with Crippen LogP contribution in [0.4, 0.5) is 5.69 Å². The van der Waals surface area contributed by atoms with Crippen molar-refractivity contribution in [3.8, 4) is 11.5 Å². The van der Waals surface area contributed by atoms with Gasteiger partial charge in [0.2, 0.25) is 5.91 Å². The molecule has 2 aromatic carbocycles. The third kappa shape index (κ3) is 3.40. The molecule has 3 aromatic rings. The van der Waals surface area contributed by atoms with E-state index in [4.69, 9.17) is 14.6 Å². The minimum Gasteiger partial charge on any atom is -0.486 e. The SMILES string of the molecule is O=C(O)Cn1ccc2cc(NC(=O)C3CC3c3ccc4c(c3)OCCO4)ccc21. The summed E-state index contributed by atoms with van der Waals surface area (Å²) in [6.45, 7) is 1.01. The molecule has 1 saturated carbocycles. The zero-order chi connectivity index (χ0) is 20.0. The van der Waals surface area contributed by atoms with E-state index < -0.39 is 5.97 Å². The van der Waals surface area contributed by atoms with Crippen molar-refractivity contribution in [3.63, 3.8) is 0 Å². The number of anilines is 1. The molecule has 148 valence electrons. The number of benzene rings is 2. The van der Waals surface area contributed by atoms with E-state index in [1.54, 1.807) is 16.8 Å². The molecule has 2 N–H and O–H groups in total. The van der Waals surface area contributed by atoms with Crippen LogP contribution in [0.2, 0.25) is 0 Å². The van der Waals surface area contributed by atoms with Crippen molar-refractivity contribution >= 4 is 28.5 Å². The number of carboxylic acid groups (broad SMARTS) is 1. The largest absolute Gasteiger partial charge is 0.486 e. The zero-order valence-electron chi connectivity index (χ0n) is 15.6. The standard InChI is InChI=1S/C22H20N2O5/c25-21(26)12-24-6-5-14-9-15(2-3-18(14)24)23-22(27)17-11-16(17)13-1-4-19-20(10-13)29-8-7-28-19/h1-6,9-10,16-17H,7-8,11-12H2,(H,23,27)(H,25,26). The first-order valence-corrected chi connectivity index (χ1v) is 9.59. The minimum absolute atomic E-state index is 0.00536. The summed E-state index contributed by atoms with van der Waals surface area (Å²) < 4.78 is 12.9. The quantitative estimate of drug-likeness (QED) is 0.696. The van der Waals surface area contributed by atoms with Crippen LogP contribution in [-0.2, 0) is 16.1 Å². The molecule has 5 rings (SSSR count). The summed E-state index contributed by atoms with van der Waals surface area (Å²) in [5, 5.41) is 12.9. The van der Waals surface area contributed by atoms with Gasteiger partial charge in [-0.2, -0.15) is 0 Å². The summed E-state index contributed by atoms with van der Waals surface area (Å²) in [5.41, 5.74) is 2.63. The van der Waals surface area contributed by atoms with E-state index in [-0.39, 0.29) is 24.3 Å². The monoisotopic (exact) mass is 392 g/mol. The van der Waals surface area contributed by atoms with Gasteiger partial charge in [-0.3, -0.25) is 9.59 Å². The van der Waals surface area contributed by atoms with Gasteiger partial charge in [0, 0.05) is 28.7 Å². The maximum atomic E-state index is 12.7. The number of hydrogen-bond donors (Lipinski definition) is 2. The summed E-state index contributed by atoms with van der Waals surface area (Å²) in [5.74, 6) is 0.727. The Balaban J connectivity index is 1.27. The lowest BCUT2D eigenvalue weighted by atomic mass is 10.1. The number of ether oxygens (including phenoxy) is 2. The summed E-state index contributed by atoms with van der Waals surface area (Å²) in [7, 11) is 0. The molecule has 1 aromatic heterocycles. The number of carbonyl (C=O) groups excluding carboxylic acids is 1. The van der Waals surface area contributed by atoms with E-state index in [1.807, 2.05) is 36.4 Å². The molecule has 2 atom stereocenters. The molecule has 2 heterocycles. The van der Waals surface area contributed by atoms with Gasteiger partial charge in [0.15, 0.2) is 11.5 Å². The molecular weight excluding hydrogens is 372 g/mol. The molecule has 1 aliphatic carbocycles. The summed E-state index contributed by atoms with van der Waals surface area (Å²) in [6, 6.07) is 13.2. The lowest BCUT2D eigenvalue weighted by Gasteiger charge is -2.18. The summed E-state index contributed by atoms with van der Waals surface area (Å²) in [4.78, 5) is 23.6. The number of aliphatic carboxylic acids is 1. The second-order valence-corrected chi connectivity index (χ2v) is 7.45. The highest BCUT2D eigenvalue weighted by molar-refractivity contribution is 5.97. The maximum Gasteiger partial charge on any atom is 0.323 e. The second-order valence-electron chi connectivity index (χ2n) is 7.45. The van der Waals surface area contributed by atoms with E-state index in [9.17, 15) is 9.59 Å². The molecule has 1 amide bonds. The molecule has 1 fully saturated rings. The number of nitrogens with zero attached hydrogens (tertiary/aromatic N) is 1. The zero-order valence-corrected chi connectivity index (χ0v) is 15.6. The van der Waals surface area contributed by atoms with Crippen LogP contribution in [0.25, 0.3) is 10.9 Å². The molecule has 7 heteroatoms. The van der Waals surface area contributed by atoms with E-state index in [2.05, 4.69) is 5.32 Å². The molecule has 0 bridgehead atoms. The molecule has 0 saturated heterocycles. The highest BCUT2D eigenvalue weighted by atomic mass is 16.6. The average Bonchev–Trinajstić information content (AvgIpc) is 3.43. The Hall–Kier alpha value is -3.48. The highest BCUT2D eigenvalue weighted by Crippen LogP contribution is 2.49. The smallest absolute Gasteiger partial charge is 0.323 e. The molecule has 29 heavy (non-hydrogen) atoms. The Bertz CT molecular complexity index is 1120. The Labute approximate surface area is 166 Å². The third-order valence-electron chi connectivity index (χ3n) is 5.47. The average molecular weight is 392 g/mol. The first-order valence-electron chi connectivity index (χ1n) is 9.59. The molecule has 2 aliphatic rings. The van der Waals surface area contributed by atoms with Crippen molar-refractivity contribution in [1.82, 2.24) is 4.57 Å². The van der Waals surface area contributed by atoms with Gasteiger partial charge in [0.1, 0.15) is 19.8 Å². The minimum atomic E-state index is -0.890. The van der Waals surface area contributed by atoms with Gasteiger partial charge >= 0.3 is 5.97 Å². The fourth-order valence-corrected chi connectivity index (χ4v) is 3.94. The van der Waals surface area contributed by atoms with E-state index in [1.165, 1.54) is 0 Å². The number of fused-ring (bicyclic) bond motifs is 2. The van der Waals surface area contributed by atoms with Gasteiger partial charge in [-0.15, -0.1) is 0 Å². The fraction of sp³-hybridized carbons (Fsp3) is 0.273. The first kappa shape index (κ1) is 17.6. The van der Waals surface area contributed by atoms with Crippen molar-refractivity contribution in [2.45, 2.75) is 18.9 Å². The van der Waals surface area contributed by atoms with Crippen molar-refractivity contribution in [2.75, 3.05) is 18.5 Å². The number of carbonyl (C=O) groups is 2. The molecule has 0 radical (unpaired) electrons. The van der Waals surface area contributed by atoms with Crippen LogP contribution in [-0.4, -0.2) is 34.8 Å². The van der Waals surface area contributed by atoms with E-state index in [0.717, 1.165) is 34.4 Å². The lowest BCUT2D eigenvalue weighted by Crippen LogP contribution is -2.16. The van der Waals surface area contributed by atoms with Crippen LogP contribution in [0, 0.1) is 5.92 Å². The van der Waals surface area contributed by atoms with Crippen LogP contribution in [0.5, 0.6) is 11.5 Å². The fourth-order valence-electron chi connectivity index (χ4n) is 3.94. The van der Waals surface area contributed by atoms with Crippen LogP contribution in [0.3, 0.4) is 0 Å². The van der Waals surface area contributed by atoms with Crippen molar-refractivity contribution < 1.29 is 24.2 Å². The number of carboxylic acids is 1. The summed E-state index contributed by atoms with van der Waals surface area (Å²) in [6.07, 6.45) is 2.55. The number of aromatic nitrogens is 1. The predicted molar refractivity (Wildman–Crippen MR) is 106 cm³/mol. The number of hydrogen-bond acceptors (Lipinski definition) is 4. The van der Waals surface area contributed by atoms with Gasteiger partial charge in [0.25, 0.3) is 0 Å². The van der Waals surface area contributed by atoms with Gasteiger partial charge in [-0.1, -0.05) is 6.07 Å². The topological polar surface area (TPSA) is 89.8 Å². The first-order chi connectivity index (χ1) is 14.1. The molecular formula is C22H20N2O5. The van der Waals surface area contributed by atoms with Gasteiger partial charge < -0.3 is 24.5 Å². The Morgan fingerprint density at radius 1 is 1.07 bits per heavy atom. The van der Waals surface area contributed by atoms with Crippen molar-refractivity contribution in [2.24, 2.45) is 5.92 Å². The lowest BCUT2D eigenvalue weighted by molar-refractivity contribution is -0.137. The maximum absolute atomic E-state index is 12.7. The van der Waals surface area contributed by atoms with E-state index >= 15 is 0 Å². The third-order valence-corrected chi connectivity index (χ3v) is 5.47. The van der Waals surface area contributed by atoms with Crippen LogP contribution >= 0.6 is 0 Å². The Kier molecular flexibility index (Phi) is 4.16. The van der Waals surface area contributed by atoms with E-state index in [0.29, 0.717) is 18.9 Å². The number of amides is 1. The van der Waals surface area contributed by atoms with Crippen LogP contribution in [0.1, 0.15) is 17.9 Å². The normalized spacial score (nSPS) is 19.7. The van der Waals surface area contributed by atoms with Gasteiger partial charge in [-0.25, -0.2) is 0 Å². The molecule has 7 nitrogen and oxygen atoms in total. The van der Waals surface area contributed by atoms with Crippen molar-refractivity contribution in [1.29, 1.82) is 0 Å². The summed E-state index contributed by atoms with van der Waals surface area (Å²) >= 11 is 0. The molecule has 2 unspecified atom stereocenters. The van der Waals surface area contributed by atoms with Crippen LogP contribution < -0.4 is 14.8 Å². The molecule has 1 aliphatic heterocycles.